The fourth-order valence-corrected chi connectivity index (χ4v) is 1.53. The summed E-state index contributed by atoms with van der Waals surface area (Å²) in [4.78, 5) is 11.5. The van der Waals surface area contributed by atoms with Gasteiger partial charge in [0, 0.05) is 18.5 Å². The number of nitrogens with two attached hydrogens (primary N) is 1. The van der Waals surface area contributed by atoms with E-state index >= 15 is 0 Å². The summed E-state index contributed by atoms with van der Waals surface area (Å²) in [7, 11) is 0. The van der Waals surface area contributed by atoms with Crippen molar-refractivity contribution >= 4 is 11.7 Å². The van der Waals surface area contributed by atoms with Crippen LogP contribution in [0.1, 0.15) is 32.1 Å². The van der Waals surface area contributed by atoms with Crippen molar-refractivity contribution in [2.24, 2.45) is 10.8 Å². The second kappa shape index (κ2) is 14.5. The van der Waals surface area contributed by atoms with Crippen LogP contribution in [0.5, 0.6) is 0 Å². The molecular weight excluding hydrogens is 280 g/mol. The first-order valence-electron chi connectivity index (χ1n) is 6.53. The van der Waals surface area contributed by atoms with Crippen LogP contribution in [0.2, 0.25) is 0 Å². The molecule has 1 aliphatic carbocycles. The fraction of sp³-hybridized carbons (Fsp3) is 0.462. The van der Waals surface area contributed by atoms with E-state index in [0.29, 0.717) is 12.1 Å². The maximum absolute atomic E-state index is 11.7. The van der Waals surface area contributed by atoms with E-state index < -0.39 is 6.86 Å². The molecule has 0 spiro atoms. The predicted octanol–water partition coefficient (Wildman–Crippen LogP) is 2.31. The van der Waals surface area contributed by atoms with Gasteiger partial charge in [0.1, 0.15) is 5.84 Å². The molecule has 1 saturated carbocycles. The number of amidine groups is 1. The summed E-state index contributed by atoms with van der Waals surface area (Å²) in [5.74, 6) is 5.58. The van der Waals surface area contributed by atoms with Crippen LogP contribution in [0.25, 0.3) is 0 Å². The zero-order chi connectivity index (χ0) is 15.8. The van der Waals surface area contributed by atoms with E-state index in [1.165, 1.54) is 50.7 Å². The summed E-state index contributed by atoms with van der Waals surface area (Å²) < 4.78 is 21.6. The molecule has 0 aliphatic heterocycles. The largest absolute Gasteiger partial charge is 0.366 e. The molecule has 1 heterocycles. The molecule has 0 unspecified atom stereocenters. The SMILES string of the molecule is C1CCCC1.NNC(/C=C/F)=Nc1cnccn1.OCF. The zero-order valence-corrected chi connectivity index (χ0v) is 11.8. The van der Waals surface area contributed by atoms with Crippen LogP contribution in [0.15, 0.2) is 36.0 Å². The molecule has 0 saturated heterocycles. The Labute approximate surface area is 122 Å². The summed E-state index contributed by atoms with van der Waals surface area (Å²) in [6.45, 7) is -1.25. The lowest BCUT2D eigenvalue weighted by Crippen LogP contribution is -2.28. The van der Waals surface area contributed by atoms with Gasteiger partial charge in [-0.25, -0.2) is 24.6 Å². The van der Waals surface area contributed by atoms with E-state index in [1.807, 2.05) is 0 Å². The maximum atomic E-state index is 11.7. The van der Waals surface area contributed by atoms with Gasteiger partial charge in [-0.05, 0) is 0 Å². The third-order valence-electron chi connectivity index (χ3n) is 2.40. The number of aromatic nitrogens is 2. The molecule has 118 valence electrons. The average Bonchev–Trinajstić information content (AvgIpc) is 3.08. The highest BCUT2D eigenvalue weighted by Gasteiger charge is 1.95. The van der Waals surface area contributed by atoms with Crippen molar-refractivity contribution in [3.63, 3.8) is 0 Å². The third-order valence-corrected chi connectivity index (χ3v) is 2.40. The van der Waals surface area contributed by atoms with Crippen LogP contribution in [-0.4, -0.2) is 27.8 Å². The van der Waals surface area contributed by atoms with E-state index in [1.54, 1.807) is 0 Å². The molecule has 0 atom stereocenters. The first kappa shape index (κ1) is 19.1. The number of alkyl halides is 1. The number of halogens is 2. The number of rotatable bonds is 2. The molecule has 0 amide bonds. The van der Waals surface area contributed by atoms with Crippen molar-refractivity contribution in [2.75, 3.05) is 6.86 Å². The van der Waals surface area contributed by atoms with Gasteiger partial charge in [0.05, 0.1) is 12.5 Å². The lowest BCUT2D eigenvalue weighted by molar-refractivity contribution is 0.168. The Balaban J connectivity index is 0.000000410. The van der Waals surface area contributed by atoms with Gasteiger partial charge in [-0.2, -0.15) is 0 Å². The average molecular weight is 301 g/mol. The minimum atomic E-state index is -1.25. The Kier molecular flexibility index (Phi) is 13.1. The van der Waals surface area contributed by atoms with E-state index in [9.17, 15) is 8.78 Å². The smallest absolute Gasteiger partial charge is 0.185 e. The van der Waals surface area contributed by atoms with Gasteiger partial charge in [0.15, 0.2) is 12.7 Å². The second-order valence-corrected chi connectivity index (χ2v) is 3.88. The highest BCUT2D eigenvalue weighted by atomic mass is 19.1. The van der Waals surface area contributed by atoms with Gasteiger partial charge >= 0.3 is 0 Å². The van der Waals surface area contributed by atoms with Crippen molar-refractivity contribution in [3.05, 3.63) is 31.0 Å². The maximum Gasteiger partial charge on any atom is 0.185 e. The Morgan fingerprint density at radius 2 is 1.90 bits per heavy atom. The molecule has 2 rings (SSSR count). The minimum absolute atomic E-state index is 0.169. The van der Waals surface area contributed by atoms with E-state index in [0.717, 1.165) is 6.08 Å². The number of hydrogen-bond donors (Lipinski definition) is 3. The first-order chi connectivity index (χ1) is 10.3. The van der Waals surface area contributed by atoms with Crippen LogP contribution < -0.4 is 11.3 Å². The van der Waals surface area contributed by atoms with Crippen molar-refractivity contribution in [1.29, 1.82) is 0 Å². The van der Waals surface area contributed by atoms with Crippen molar-refractivity contribution in [1.82, 2.24) is 15.4 Å². The Bertz CT molecular complexity index is 389. The van der Waals surface area contributed by atoms with Crippen LogP contribution in [0.3, 0.4) is 0 Å². The number of aliphatic imine (C=N–C) groups is 1. The van der Waals surface area contributed by atoms with Gasteiger partial charge in [0.2, 0.25) is 0 Å². The summed E-state index contributed by atoms with van der Waals surface area (Å²) in [5.41, 5.74) is 2.21. The number of aliphatic hydroxyl groups excluding tert-OH is 1. The zero-order valence-electron chi connectivity index (χ0n) is 11.8. The monoisotopic (exact) mass is 301 g/mol. The van der Waals surface area contributed by atoms with Gasteiger partial charge in [-0.15, -0.1) is 0 Å². The summed E-state index contributed by atoms with van der Waals surface area (Å²) in [5, 5.41) is 6.90. The number of nitrogens with zero attached hydrogens (tertiary/aromatic N) is 3. The highest BCUT2D eigenvalue weighted by molar-refractivity contribution is 5.93. The molecule has 0 radical (unpaired) electrons. The minimum Gasteiger partial charge on any atom is -0.366 e. The second-order valence-electron chi connectivity index (χ2n) is 3.88. The Morgan fingerprint density at radius 3 is 2.29 bits per heavy atom. The molecule has 1 aromatic rings. The van der Waals surface area contributed by atoms with Gasteiger partial charge in [-0.1, -0.05) is 32.1 Å². The molecular formula is C13H21F2N5O. The van der Waals surface area contributed by atoms with Gasteiger partial charge in [0.25, 0.3) is 0 Å². The lowest BCUT2D eigenvalue weighted by Gasteiger charge is -1.97. The van der Waals surface area contributed by atoms with Crippen LogP contribution in [0.4, 0.5) is 14.6 Å². The summed E-state index contributed by atoms with van der Waals surface area (Å²) >= 11 is 0. The topological polar surface area (TPSA) is 96.4 Å². The first-order valence-corrected chi connectivity index (χ1v) is 6.53. The number of aliphatic hydroxyl groups is 1. The fourth-order valence-electron chi connectivity index (χ4n) is 1.53. The summed E-state index contributed by atoms with van der Waals surface area (Å²) in [6, 6.07) is 0. The van der Waals surface area contributed by atoms with Gasteiger partial charge < -0.3 is 10.5 Å². The molecule has 1 aliphatic rings. The molecule has 1 fully saturated rings. The van der Waals surface area contributed by atoms with Crippen LogP contribution in [-0.2, 0) is 0 Å². The number of hydrazine groups is 1. The third kappa shape index (κ3) is 11.6. The van der Waals surface area contributed by atoms with Crippen molar-refractivity contribution < 1.29 is 13.9 Å². The molecule has 8 heteroatoms. The lowest BCUT2D eigenvalue weighted by atomic mass is 10.4. The highest BCUT2D eigenvalue weighted by Crippen LogP contribution is 2.15. The van der Waals surface area contributed by atoms with Crippen LogP contribution >= 0.6 is 0 Å². The molecule has 1 aromatic heterocycles. The Morgan fingerprint density at radius 1 is 1.33 bits per heavy atom. The van der Waals surface area contributed by atoms with Crippen LogP contribution in [0, 0.1) is 0 Å². The molecule has 0 bridgehead atoms. The normalized spacial score (nSPS) is 14.0. The van der Waals surface area contributed by atoms with Crippen molar-refractivity contribution in [2.45, 2.75) is 32.1 Å². The molecule has 4 N–H and O–H groups in total. The van der Waals surface area contributed by atoms with Gasteiger partial charge in [-0.3, -0.25) is 4.98 Å². The Hall–Kier alpha value is -1.93. The molecule has 0 aromatic carbocycles. The molecule has 21 heavy (non-hydrogen) atoms. The molecule has 6 nitrogen and oxygen atoms in total. The standard InChI is InChI=1S/C7H8FN5.C5H10.CH3FO/c8-2-1-6(13-9)12-7-5-10-3-4-11-7;1-2-4-5-3-1;2-1-3/h1-5H,9H2,(H,11,12,13);1-5H2;3H,1H2/b2-1+;;. The number of hydrogen-bond acceptors (Lipinski definition) is 5. The predicted molar refractivity (Wildman–Crippen MR) is 78.0 cm³/mol. The van der Waals surface area contributed by atoms with E-state index in [2.05, 4.69) is 20.4 Å². The summed E-state index contributed by atoms with van der Waals surface area (Å²) in [6.07, 6.45) is 13.3. The van der Waals surface area contributed by atoms with E-state index in [4.69, 9.17) is 10.9 Å². The van der Waals surface area contributed by atoms with Crippen molar-refractivity contribution in [3.8, 4) is 0 Å². The quantitative estimate of drug-likeness (QED) is 0.337. The number of nitrogens with one attached hydrogen (secondary N) is 1. The van der Waals surface area contributed by atoms with E-state index in [-0.39, 0.29) is 5.84 Å².